The first-order chi connectivity index (χ1) is 12.9. The summed E-state index contributed by atoms with van der Waals surface area (Å²) in [6.45, 7) is -0.318. The van der Waals surface area contributed by atoms with E-state index in [1.54, 1.807) is 18.2 Å². The number of hydrogen-bond acceptors (Lipinski definition) is 5. The highest BCUT2D eigenvalue weighted by molar-refractivity contribution is 7.99. The molecule has 6 nitrogen and oxygen atoms in total. The Balaban J connectivity index is 1.45. The number of oxazole rings is 1. The molecule has 3 aromatic rings. The van der Waals surface area contributed by atoms with Crippen molar-refractivity contribution in [3.8, 4) is 0 Å². The van der Waals surface area contributed by atoms with Gasteiger partial charge in [-0.15, -0.1) is 0 Å². The van der Waals surface area contributed by atoms with Gasteiger partial charge < -0.3 is 15.1 Å². The summed E-state index contributed by atoms with van der Waals surface area (Å²) in [7, 11) is 0. The second-order valence-corrected chi connectivity index (χ2v) is 6.70. The lowest BCUT2D eigenvalue weighted by Crippen LogP contribution is -2.33. The molecule has 140 valence electrons. The van der Waals surface area contributed by atoms with Crippen LogP contribution in [0.1, 0.15) is 0 Å². The minimum atomic E-state index is -1.08. The van der Waals surface area contributed by atoms with Crippen molar-refractivity contribution in [1.82, 2.24) is 10.3 Å². The Kier molecular flexibility index (Phi) is 5.92. The number of halogens is 3. The van der Waals surface area contributed by atoms with Crippen molar-refractivity contribution < 1.29 is 22.8 Å². The quantitative estimate of drug-likeness (QED) is 0.605. The summed E-state index contributed by atoms with van der Waals surface area (Å²) >= 11 is 6.93. The molecule has 0 unspecified atom stereocenters. The van der Waals surface area contributed by atoms with Gasteiger partial charge in [-0.2, -0.15) is 0 Å². The lowest BCUT2D eigenvalue weighted by atomic mass is 10.3. The number of anilines is 1. The molecule has 0 aliphatic rings. The maximum absolute atomic E-state index is 13.1. The fourth-order valence-corrected chi connectivity index (χ4v) is 2.91. The van der Waals surface area contributed by atoms with Crippen LogP contribution in [0.3, 0.4) is 0 Å². The van der Waals surface area contributed by atoms with Crippen molar-refractivity contribution in [2.24, 2.45) is 0 Å². The van der Waals surface area contributed by atoms with Crippen molar-refractivity contribution >= 4 is 52.0 Å². The van der Waals surface area contributed by atoms with Gasteiger partial charge in [-0.05, 0) is 24.3 Å². The summed E-state index contributed by atoms with van der Waals surface area (Å²) in [6.07, 6.45) is 0. The Hall–Kier alpha value is -2.65. The molecule has 0 saturated heterocycles. The van der Waals surface area contributed by atoms with Crippen molar-refractivity contribution in [3.63, 3.8) is 0 Å². The number of rotatable bonds is 6. The third-order valence-electron chi connectivity index (χ3n) is 3.31. The molecule has 0 bridgehead atoms. The Morgan fingerprint density at radius 3 is 2.70 bits per heavy atom. The van der Waals surface area contributed by atoms with Gasteiger partial charge in [-0.25, -0.2) is 13.8 Å². The summed E-state index contributed by atoms with van der Waals surface area (Å²) < 4.78 is 31.4. The lowest BCUT2D eigenvalue weighted by Gasteiger charge is -2.06. The molecule has 0 radical (unpaired) electrons. The zero-order valence-electron chi connectivity index (χ0n) is 13.6. The smallest absolute Gasteiger partial charge is 0.257 e. The molecule has 2 N–H and O–H groups in total. The van der Waals surface area contributed by atoms with E-state index >= 15 is 0 Å². The van der Waals surface area contributed by atoms with Crippen LogP contribution in [0.15, 0.2) is 46.0 Å². The van der Waals surface area contributed by atoms with Crippen LogP contribution < -0.4 is 10.6 Å². The number of aromatic nitrogens is 1. The lowest BCUT2D eigenvalue weighted by molar-refractivity contribution is -0.122. The van der Waals surface area contributed by atoms with Gasteiger partial charge >= 0.3 is 0 Å². The van der Waals surface area contributed by atoms with Crippen molar-refractivity contribution in [2.45, 2.75) is 5.22 Å². The van der Waals surface area contributed by atoms with Crippen molar-refractivity contribution in [3.05, 3.63) is 53.1 Å². The highest BCUT2D eigenvalue weighted by atomic mass is 35.5. The number of carbonyl (C=O) groups is 2. The molecule has 0 saturated carbocycles. The molecule has 27 heavy (non-hydrogen) atoms. The average Bonchev–Trinajstić information content (AvgIpc) is 3.03. The van der Waals surface area contributed by atoms with Gasteiger partial charge in [-0.1, -0.05) is 23.4 Å². The van der Waals surface area contributed by atoms with E-state index in [0.717, 1.165) is 23.9 Å². The Morgan fingerprint density at radius 1 is 1.11 bits per heavy atom. The number of carbonyl (C=O) groups excluding carboxylic acids is 2. The molecule has 0 aliphatic carbocycles. The largest absolute Gasteiger partial charge is 0.431 e. The van der Waals surface area contributed by atoms with E-state index in [2.05, 4.69) is 15.6 Å². The van der Waals surface area contributed by atoms with Crippen LogP contribution in [0.25, 0.3) is 11.1 Å². The SMILES string of the molecule is O=C(CSc1nc2ccc(Cl)cc2o1)NCC(=O)Nc1ccc(F)c(F)c1. The number of benzene rings is 2. The van der Waals surface area contributed by atoms with Crippen molar-refractivity contribution in [1.29, 1.82) is 0 Å². The van der Waals surface area contributed by atoms with Crippen molar-refractivity contribution in [2.75, 3.05) is 17.6 Å². The van der Waals surface area contributed by atoms with E-state index in [-0.39, 0.29) is 18.0 Å². The van der Waals surface area contributed by atoms with Crippen LogP contribution in [-0.4, -0.2) is 29.1 Å². The molecule has 3 rings (SSSR count). The van der Waals surface area contributed by atoms with Gasteiger partial charge in [0.25, 0.3) is 5.22 Å². The summed E-state index contributed by atoms with van der Waals surface area (Å²) in [4.78, 5) is 27.8. The Bertz CT molecular complexity index is 1010. The predicted octanol–water partition coefficient (Wildman–Crippen LogP) is 3.61. The Labute approximate surface area is 161 Å². The molecule has 1 aromatic heterocycles. The molecule has 10 heteroatoms. The molecule has 1 heterocycles. The maximum atomic E-state index is 13.1. The van der Waals surface area contributed by atoms with E-state index in [1.165, 1.54) is 6.07 Å². The van der Waals surface area contributed by atoms with Crippen LogP contribution in [0, 0.1) is 11.6 Å². The summed E-state index contributed by atoms with van der Waals surface area (Å²) in [5.74, 6) is -3.09. The topological polar surface area (TPSA) is 84.2 Å². The van der Waals surface area contributed by atoms with Gasteiger partial charge in [0.2, 0.25) is 11.8 Å². The minimum absolute atomic E-state index is 0.0149. The van der Waals surface area contributed by atoms with Crippen LogP contribution in [0.5, 0.6) is 0 Å². The van der Waals surface area contributed by atoms with Gasteiger partial charge in [-0.3, -0.25) is 9.59 Å². The maximum Gasteiger partial charge on any atom is 0.257 e. The fourth-order valence-electron chi connectivity index (χ4n) is 2.08. The number of nitrogens with one attached hydrogen (secondary N) is 2. The van der Waals surface area contributed by atoms with Crippen LogP contribution in [-0.2, 0) is 9.59 Å². The third-order valence-corrected chi connectivity index (χ3v) is 4.37. The summed E-state index contributed by atoms with van der Waals surface area (Å²) in [5.41, 5.74) is 1.22. The number of hydrogen-bond donors (Lipinski definition) is 2. The summed E-state index contributed by atoms with van der Waals surface area (Å²) in [5, 5.41) is 5.58. The van der Waals surface area contributed by atoms with Gasteiger partial charge in [0.15, 0.2) is 17.2 Å². The first kappa shape index (κ1) is 19.1. The van der Waals surface area contributed by atoms with E-state index in [1.807, 2.05) is 0 Å². The van der Waals surface area contributed by atoms with E-state index < -0.39 is 23.4 Å². The van der Waals surface area contributed by atoms with Gasteiger partial charge in [0.05, 0.1) is 12.3 Å². The van der Waals surface area contributed by atoms with E-state index in [4.69, 9.17) is 16.0 Å². The molecule has 0 spiro atoms. The molecule has 0 aliphatic heterocycles. The van der Waals surface area contributed by atoms with E-state index in [0.29, 0.717) is 21.3 Å². The number of thioether (sulfide) groups is 1. The molecular weight excluding hydrogens is 400 g/mol. The van der Waals surface area contributed by atoms with Crippen LogP contribution >= 0.6 is 23.4 Å². The first-order valence-electron chi connectivity index (χ1n) is 7.61. The molecule has 0 fully saturated rings. The minimum Gasteiger partial charge on any atom is -0.431 e. The zero-order valence-corrected chi connectivity index (χ0v) is 15.2. The fraction of sp³-hybridized carbons (Fsp3) is 0.118. The normalized spacial score (nSPS) is 10.8. The van der Waals surface area contributed by atoms with Gasteiger partial charge in [0, 0.05) is 22.8 Å². The highest BCUT2D eigenvalue weighted by Crippen LogP contribution is 2.25. The Morgan fingerprint density at radius 2 is 1.93 bits per heavy atom. The number of amides is 2. The molecular formula is C17H12ClF2N3O3S. The van der Waals surface area contributed by atoms with Crippen LogP contribution in [0.2, 0.25) is 5.02 Å². The van der Waals surface area contributed by atoms with E-state index in [9.17, 15) is 18.4 Å². The van der Waals surface area contributed by atoms with Gasteiger partial charge in [0.1, 0.15) is 5.52 Å². The monoisotopic (exact) mass is 411 g/mol. The van der Waals surface area contributed by atoms with Crippen LogP contribution in [0.4, 0.5) is 14.5 Å². The molecule has 2 amide bonds. The second-order valence-electron chi connectivity index (χ2n) is 5.33. The number of nitrogens with zero attached hydrogens (tertiary/aromatic N) is 1. The number of fused-ring (bicyclic) bond motifs is 1. The third kappa shape index (κ3) is 5.18. The molecule has 2 aromatic carbocycles. The summed E-state index contributed by atoms with van der Waals surface area (Å²) in [6, 6.07) is 7.97. The standard InChI is InChI=1S/C17H12ClF2N3O3S/c18-9-1-4-13-14(5-9)26-17(23-13)27-8-16(25)21-7-15(24)22-10-2-3-11(19)12(20)6-10/h1-6H,7-8H2,(H,21,25)(H,22,24). The average molecular weight is 412 g/mol. The second kappa shape index (κ2) is 8.36. The molecule has 0 atom stereocenters. The highest BCUT2D eigenvalue weighted by Gasteiger charge is 2.11. The zero-order chi connectivity index (χ0) is 19.4. The predicted molar refractivity (Wildman–Crippen MR) is 97.7 cm³/mol. The first-order valence-corrected chi connectivity index (χ1v) is 8.97.